The van der Waals surface area contributed by atoms with Crippen molar-refractivity contribution in [1.29, 1.82) is 0 Å². The number of aryl methyl sites for hydroxylation is 1. The van der Waals surface area contributed by atoms with Crippen molar-refractivity contribution < 1.29 is 4.74 Å². The molecule has 0 fully saturated rings. The lowest BCUT2D eigenvalue weighted by Crippen LogP contribution is -2.04. The van der Waals surface area contributed by atoms with E-state index < -0.39 is 0 Å². The van der Waals surface area contributed by atoms with E-state index >= 15 is 0 Å². The van der Waals surface area contributed by atoms with E-state index in [0.717, 1.165) is 42.1 Å². The van der Waals surface area contributed by atoms with Gasteiger partial charge in [0, 0.05) is 10.8 Å². The lowest BCUT2D eigenvalue weighted by Gasteiger charge is -2.09. The Balaban J connectivity index is 1.53. The van der Waals surface area contributed by atoms with Gasteiger partial charge in [-0.25, -0.2) is 9.97 Å². The van der Waals surface area contributed by atoms with E-state index in [2.05, 4.69) is 29.2 Å². The van der Waals surface area contributed by atoms with Gasteiger partial charge in [0.1, 0.15) is 11.2 Å². The van der Waals surface area contributed by atoms with Crippen LogP contribution in [-0.2, 0) is 6.42 Å². The molecule has 25 heavy (non-hydrogen) atoms. The average Bonchev–Trinajstić information content (AvgIpc) is 3.09. The third kappa shape index (κ3) is 7.31. The van der Waals surface area contributed by atoms with Gasteiger partial charge in [0.2, 0.25) is 5.88 Å². The molecule has 0 bridgehead atoms. The van der Waals surface area contributed by atoms with E-state index in [0.29, 0.717) is 0 Å². The van der Waals surface area contributed by atoms with Crippen LogP contribution in [0.3, 0.4) is 0 Å². The minimum absolute atomic E-state index is 0.737. The predicted octanol–water partition coefficient (Wildman–Crippen LogP) is 6.94. The zero-order valence-corrected chi connectivity index (χ0v) is 16.9. The Morgan fingerprint density at radius 3 is 1.92 bits per heavy atom. The molecule has 0 spiro atoms. The van der Waals surface area contributed by atoms with E-state index in [4.69, 9.17) is 4.74 Å². The van der Waals surface area contributed by atoms with Gasteiger partial charge in [-0.3, -0.25) is 0 Å². The van der Waals surface area contributed by atoms with Crippen LogP contribution in [0.5, 0.6) is 5.88 Å². The fourth-order valence-corrected chi connectivity index (χ4v) is 3.77. The summed E-state index contributed by atoms with van der Waals surface area (Å²) in [5.41, 5.74) is 2.93. The van der Waals surface area contributed by atoms with E-state index in [9.17, 15) is 0 Å². The minimum atomic E-state index is 0.737. The number of ether oxygens (including phenoxy) is 1. The Bertz CT molecular complexity index is 597. The van der Waals surface area contributed by atoms with Crippen molar-refractivity contribution in [1.82, 2.24) is 9.97 Å². The van der Waals surface area contributed by atoms with Crippen LogP contribution in [0.2, 0.25) is 0 Å². The first kappa shape index (κ1) is 20.2. The Labute approximate surface area is 157 Å². The molecule has 0 amide bonds. The molecule has 0 aliphatic heterocycles. The van der Waals surface area contributed by atoms with Crippen LogP contribution >= 0.6 is 11.3 Å². The standard InChI is InChI=1S/C21H34N2OS/c1-3-5-6-7-8-9-10-11-12-13-14-15-24-21-18(4-2)22-19-16-25-17-20(19)23-21/h16-17H,3-15H2,1-2H3. The number of nitrogens with zero attached hydrogens (tertiary/aromatic N) is 2. The lowest BCUT2D eigenvalue weighted by molar-refractivity contribution is 0.290. The van der Waals surface area contributed by atoms with Gasteiger partial charge < -0.3 is 4.74 Å². The molecule has 0 radical (unpaired) electrons. The summed E-state index contributed by atoms with van der Waals surface area (Å²) in [6.45, 7) is 5.14. The maximum atomic E-state index is 5.92. The van der Waals surface area contributed by atoms with Crippen LogP contribution in [0.1, 0.15) is 90.2 Å². The first-order chi connectivity index (χ1) is 12.3. The molecule has 0 saturated heterocycles. The predicted molar refractivity (Wildman–Crippen MR) is 109 cm³/mol. The van der Waals surface area contributed by atoms with E-state index in [1.165, 1.54) is 64.2 Å². The lowest BCUT2D eigenvalue weighted by atomic mass is 10.1. The molecule has 0 aliphatic carbocycles. The molecule has 2 aromatic rings. The SMILES string of the molecule is CCCCCCCCCCCCCOc1nc2cscc2nc1CC. The Kier molecular flexibility index (Phi) is 9.86. The number of unbranched alkanes of at least 4 members (excludes halogenated alkanes) is 10. The minimum Gasteiger partial charge on any atom is -0.476 e. The molecule has 2 heterocycles. The maximum absolute atomic E-state index is 5.92. The van der Waals surface area contributed by atoms with Gasteiger partial charge in [-0.15, -0.1) is 11.3 Å². The van der Waals surface area contributed by atoms with Gasteiger partial charge in [0.25, 0.3) is 0 Å². The third-order valence-electron chi connectivity index (χ3n) is 4.67. The van der Waals surface area contributed by atoms with Crippen LogP contribution in [0.25, 0.3) is 11.0 Å². The molecule has 4 heteroatoms. The van der Waals surface area contributed by atoms with Crippen molar-refractivity contribution in [2.45, 2.75) is 90.9 Å². The second-order valence-electron chi connectivity index (χ2n) is 6.86. The highest BCUT2D eigenvalue weighted by Crippen LogP contribution is 2.22. The monoisotopic (exact) mass is 362 g/mol. The number of hydrogen-bond acceptors (Lipinski definition) is 4. The number of aromatic nitrogens is 2. The zero-order valence-electron chi connectivity index (χ0n) is 16.1. The third-order valence-corrected chi connectivity index (χ3v) is 5.39. The van der Waals surface area contributed by atoms with E-state index in [1.807, 2.05) is 5.38 Å². The van der Waals surface area contributed by atoms with Crippen molar-refractivity contribution in [2.24, 2.45) is 0 Å². The topological polar surface area (TPSA) is 35.0 Å². The van der Waals surface area contributed by atoms with Crippen molar-refractivity contribution >= 4 is 22.4 Å². The molecule has 0 saturated carbocycles. The molecule has 140 valence electrons. The molecular weight excluding hydrogens is 328 g/mol. The van der Waals surface area contributed by atoms with Crippen LogP contribution in [0.15, 0.2) is 10.8 Å². The molecule has 0 unspecified atom stereocenters. The van der Waals surface area contributed by atoms with E-state index in [1.54, 1.807) is 11.3 Å². The molecule has 3 nitrogen and oxygen atoms in total. The Morgan fingerprint density at radius 2 is 1.32 bits per heavy atom. The highest BCUT2D eigenvalue weighted by Gasteiger charge is 2.09. The van der Waals surface area contributed by atoms with Gasteiger partial charge in [-0.05, 0) is 12.8 Å². The summed E-state index contributed by atoms with van der Waals surface area (Å²) < 4.78 is 5.92. The Morgan fingerprint density at radius 1 is 0.760 bits per heavy atom. The summed E-state index contributed by atoms with van der Waals surface area (Å²) in [7, 11) is 0. The van der Waals surface area contributed by atoms with Crippen LogP contribution < -0.4 is 4.74 Å². The van der Waals surface area contributed by atoms with Gasteiger partial charge in [-0.2, -0.15) is 0 Å². The molecule has 0 N–H and O–H groups in total. The number of thiophene rings is 1. The highest BCUT2D eigenvalue weighted by atomic mass is 32.1. The summed E-state index contributed by atoms with van der Waals surface area (Å²) in [4.78, 5) is 9.27. The van der Waals surface area contributed by atoms with Gasteiger partial charge >= 0.3 is 0 Å². The summed E-state index contributed by atoms with van der Waals surface area (Å²) >= 11 is 1.65. The average molecular weight is 363 g/mol. The van der Waals surface area contributed by atoms with Crippen molar-refractivity contribution in [2.75, 3.05) is 6.61 Å². The summed E-state index contributed by atoms with van der Waals surface area (Å²) in [5, 5.41) is 4.09. The quantitative estimate of drug-likeness (QED) is 0.341. The maximum Gasteiger partial charge on any atom is 0.236 e. The fourth-order valence-electron chi connectivity index (χ4n) is 3.10. The number of hydrogen-bond donors (Lipinski definition) is 0. The second kappa shape index (κ2) is 12.2. The molecular formula is C21H34N2OS. The molecule has 0 atom stereocenters. The number of fused-ring (bicyclic) bond motifs is 1. The Hall–Kier alpha value is -1.16. The highest BCUT2D eigenvalue weighted by molar-refractivity contribution is 7.09. The van der Waals surface area contributed by atoms with Crippen LogP contribution in [0, 0.1) is 0 Å². The van der Waals surface area contributed by atoms with Crippen molar-refractivity contribution in [3.63, 3.8) is 0 Å². The number of rotatable bonds is 14. The first-order valence-corrected chi connectivity index (χ1v) is 11.1. The first-order valence-electron chi connectivity index (χ1n) is 10.2. The largest absolute Gasteiger partial charge is 0.476 e. The van der Waals surface area contributed by atoms with Gasteiger partial charge in [-0.1, -0.05) is 78.1 Å². The van der Waals surface area contributed by atoms with Crippen LogP contribution in [0.4, 0.5) is 0 Å². The molecule has 2 aromatic heterocycles. The van der Waals surface area contributed by atoms with Crippen LogP contribution in [-0.4, -0.2) is 16.6 Å². The van der Waals surface area contributed by atoms with Crippen molar-refractivity contribution in [3.05, 3.63) is 16.5 Å². The van der Waals surface area contributed by atoms with Gasteiger partial charge in [0.05, 0.1) is 12.1 Å². The fraction of sp³-hybridized carbons (Fsp3) is 0.714. The molecule has 2 rings (SSSR count). The second-order valence-corrected chi connectivity index (χ2v) is 7.60. The summed E-state index contributed by atoms with van der Waals surface area (Å²) in [6.07, 6.45) is 15.8. The summed E-state index contributed by atoms with van der Waals surface area (Å²) in [6, 6.07) is 0. The zero-order chi connectivity index (χ0) is 17.7. The normalized spacial score (nSPS) is 11.3. The molecule has 0 aliphatic rings. The molecule has 0 aromatic carbocycles. The van der Waals surface area contributed by atoms with Gasteiger partial charge in [0.15, 0.2) is 0 Å². The smallest absolute Gasteiger partial charge is 0.236 e. The van der Waals surface area contributed by atoms with Crippen molar-refractivity contribution in [3.8, 4) is 5.88 Å². The van der Waals surface area contributed by atoms with E-state index in [-0.39, 0.29) is 0 Å². The summed E-state index contributed by atoms with van der Waals surface area (Å²) in [5.74, 6) is 0.737.